The van der Waals surface area contributed by atoms with Crippen molar-refractivity contribution in [2.75, 3.05) is 0 Å². The summed E-state index contributed by atoms with van der Waals surface area (Å²) in [5.41, 5.74) is 32.2. The summed E-state index contributed by atoms with van der Waals surface area (Å²) in [6, 6.07) is 104. The van der Waals surface area contributed by atoms with E-state index in [4.69, 9.17) is 20.7 Å². The van der Waals surface area contributed by atoms with Gasteiger partial charge in [0.1, 0.15) is 0 Å². The predicted molar refractivity (Wildman–Crippen MR) is 389 cm³/mol. The van der Waals surface area contributed by atoms with Crippen molar-refractivity contribution in [2.24, 2.45) is 5.73 Å². The van der Waals surface area contributed by atoms with Gasteiger partial charge in [0.25, 0.3) is 0 Å². The third kappa shape index (κ3) is 11.2. The number of nitrogens with two attached hydrogens (primary N) is 1. The summed E-state index contributed by atoms with van der Waals surface area (Å²) in [5.74, 6) is 1.32. The van der Waals surface area contributed by atoms with Crippen LogP contribution in [0, 0.1) is 0 Å². The zero-order chi connectivity index (χ0) is 62.5. The molecule has 3 aromatic heterocycles. The summed E-state index contributed by atoms with van der Waals surface area (Å²) >= 11 is 0. The van der Waals surface area contributed by atoms with Crippen molar-refractivity contribution in [1.29, 1.82) is 0 Å². The van der Waals surface area contributed by atoms with Crippen LogP contribution in [0.5, 0.6) is 0 Å². The topological polar surface area (TPSA) is 69.6 Å². The molecule has 0 saturated heterocycles. The minimum atomic E-state index is -0.666. The van der Waals surface area contributed by atoms with Crippen molar-refractivity contribution in [1.82, 2.24) is 19.5 Å². The molecule has 1 aliphatic carbocycles. The number of allylic oxidation sites excluding steroid dienone is 3. The highest BCUT2D eigenvalue weighted by Gasteiger charge is 2.48. The van der Waals surface area contributed by atoms with Gasteiger partial charge < -0.3 is 10.3 Å². The van der Waals surface area contributed by atoms with Crippen molar-refractivity contribution >= 4 is 31.0 Å². The Labute approximate surface area is 541 Å². The second-order valence-electron chi connectivity index (χ2n) is 23.6. The molecule has 0 bridgehead atoms. The van der Waals surface area contributed by atoms with Gasteiger partial charge >= 0.3 is 0 Å². The molecule has 0 radical (unpaired) electrons. The number of nitrogens with zero attached hydrogens (tertiary/aromatic N) is 4. The lowest BCUT2D eigenvalue weighted by molar-refractivity contribution is 0.775. The lowest BCUT2D eigenvalue weighted by Crippen LogP contribution is -2.28. The monoisotopic (exact) mass is 1200 g/mol. The van der Waals surface area contributed by atoms with Gasteiger partial charge in [-0.15, -0.1) is 9.24 Å². The molecular weight excluding hydrogens is 1130 g/mol. The Morgan fingerprint density at radius 3 is 1.55 bits per heavy atom. The fraction of sp³-hybridized carbons (Fsp3) is 0.0581. The van der Waals surface area contributed by atoms with E-state index in [0.717, 1.165) is 83.8 Å². The van der Waals surface area contributed by atoms with Crippen LogP contribution >= 0.6 is 9.24 Å². The molecule has 0 amide bonds. The molecule has 0 spiro atoms. The molecule has 3 heterocycles. The van der Waals surface area contributed by atoms with Crippen LogP contribution in [0.15, 0.2) is 328 Å². The van der Waals surface area contributed by atoms with Crippen LogP contribution in [0.4, 0.5) is 0 Å². The van der Waals surface area contributed by atoms with E-state index in [1.54, 1.807) is 6.20 Å². The fourth-order valence-corrected chi connectivity index (χ4v) is 13.9. The summed E-state index contributed by atoms with van der Waals surface area (Å²) in [6.07, 6.45) is 11.8. The van der Waals surface area contributed by atoms with E-state index in [1.807, 2.05) is 48.8 Å². The Bertz CT molecular complexity index is 4940. The molecule has 442 valence electrons. The first-order valence-electron chi connectivity index (χ1n) is 31.4. The number of aromatic nitrogens is 4. The molecule has 1 aliphatic rings. The highest BCUT2D eigenvalue weighted by molar-refractivity contribution is 7.27. The van der Waals surface area contributed by atoms with E-state index < -0.39 is 5.41 Å². The highest BCUT2D eigenvalue weighted by atomic mass is 31.0. The second-order valence-corrected chi connectivity index (χ2v) is 24.3. The smallest absolute Gasteiger partial charge is 0.160 e. The van der Waals surface area contributed by atoms with Gasteiger partial charge in [0.15, 0.2) is 5.82 Å². The van der Waals surface area contributed by atoms with Gasteiger partial charge in [0.05, 0.1) is 22.3 Å². The molecule has 1 atom stereocenters. The molecule has 1 unspecified atom stereocenters. The van der Waals surface area contributed by atoms with Crippen molar-refractivity contribution in [3.05, 3.63) is 362 Å². The van der Waals surface area contributed by atoms with Gasteiger partial charge in [0.2, 0.25) is 0 Å². The molecule has 6 heteroatoms. The predicted octanol–water partition coefficient (Wildman–Crippen LogP) is 21.0. The summed E-state index contributed by atoms with van der Waals surface area (Å²) < 4.78 is 2.37. The van der Waals surface area contributed by atoms with Crippen LogP contribution in [0.2, 0.25) is 0 Å². The normalized spacial score (nSPS) is 12.4. The molecule has 5 nitrogen and oxygen atoms in total. The molecule has 15 rings (SSSR count). The minimum Gasteiger partial charge on any atom is -0.405 e. The van der Waals surface area contributed by atoms with Crippen molar-refractivity contribution in [3.8, 4) is 95.2 Å². The third-order valence-corrected chi connectivity index (χ3v) is 18.4. The number of hydrogen-bond acceptors (Lipinski definition) is 4. The Morgan fingerprint density at radius 2 is 0.989 bits per heavy atom. The largest absolute Gasteiger partial charge is 0.405 e. The summed E-state index contributed by atoms with van der Waals surface area (Å²) in [7, 11) is 2.76. The first-order valence-corrected chi connectivity index (χ1v) is 32.0. The van der Waals surface area contributed by atoms with Gasteiger partial charge in [-0.2, -0.15) is 0 Å². The maximum absolute atomic E-state index is 5.90. The van der Waals surface area contributed by atoms with Gasteiger partial charge in [-0.3, -0.25) is 4.98 Å². The third-order valence-electron chi connectivity index (χ3n) is 17.9. The van der Waals surface area contributed by atoms with Crippen molar-refractivity contribution in [3.63, 3.8) is 0 Å². The number of fused-ring (bicyclic) bond motifs is 5. The van der Waals surface area contributed by atoms with Crippen LogP contribution in [0.25, 0.3) is 112 Å². The second kappa shape index (κ2) is 25.8. The standard InChI is InChI=1S/C77H55N5.C9H13P/c1-2-52(44-45-78)60-21-15-22-61(47-60)62-38-42-70-68(48-62)67-41-43-73-74(75(67)77(70,64-24-11-5-12-25-64)65-26-13-6-14-27-65)69(63-23-16-46-79-50-63)51-82(73)66-39-36-56(37-40-66)55-30-34-58(35-31-55)72-49-71(80-76(81-72)59-19-9-4-10-20-59)57-32-28-54(29-33-57)53-17-7-3-8-18-53;1-7(2)8-5-3-4-6-9(8)10/h2-51H,78H2,1H3;3-7H,10H2,1-2H3/b45-44-,52-2+;. The zero-order valence-corrected chi connectivity index (χ0v) is 52.9. The quantitative estimate of drug-likeness (QED) is 0.0922. The number of hydrogen-bond donors (Lipinski definition) is 1. The molecule has 0 fully saturated rings. The molecular formula is C86H68N5P. The van der Waals surface area contributed by atoms with Crippen molar-refractivity contribution in [2.45, 2.75) is 32.1 Å². The molecule has 92 heavy (non-hydrogen) atoms. The fourth-order valence-electron chi connectivity index (χ4n) is 13.4. The summed E-state index contributed by atoms with van der Waals surface area (Å²) in [6.45, 7) is 6.47. The average molecular weight is 1200 g/mol. The number of pyridine rings is 1. The van der Waals surface area contributed by atoms with Crippen LogP contribution in [0.3, 0.4) is 0 Å². The average Bonchev–Trinajstić information content (AvgIpc) is 1.51. The lowest BCUT2D eigenvalue weighted by atomic mass is 9.66. The Balaban J connectivity index is 0.000000674. The van der Waals surface area contributed by atoms with Crippen LogP contribution in [0.1, 0.15) is 60.1 Å². The molecule has 11 aromatic carbocycles. The minimum absolute atomic E-state index is 0.633. The SMILES string of the molecule is C/C=C(\C=C/N)c1cccc(-c2ccc3c(c2)-c2ccc4c(c(-c5cccnc5)cn4-c4ccc(-c5ccc(-c6cc(-c7ccc(-c8ccccc8)cc7)nc(-c7ccccc7)n6)cc5)cc4)c2C3(c2ccccc2)c2ccccc2)c1.CC(C)c1ccccc1P. The summed E-state index contributed by atoms with van der Waals surface area (Å²) in [5, 5.41) is 2.51. The van der Waals surface area contributed by atoms with E-state index in [2.05, 4.69) is 308 Å². The number of benzene rings is 11. The van der Waals surface area contributed by atoms with Gasteiger partial charge in [-0.25, -0.2) is 9.97 Å². The molecule has 2 N–H and O–H groups in total. The van der Waals surface area contributed by atoms with Crippen LogP contribution in [-0.4, -0.2) is 19.5 Å². The molecule has 0 aliphatic heterocycles. The highest BCUT2D eigenvalue weighted by Crippen LogP contribution is 2.60. The van der Waals surface area contributed by atoms with Gasteiger partial charge in [-0.1, -0.05) is 269 Å². The first kappa shape index (κ1) is 58.6. The Hall–Kier alpha value is -11.1. The van der Waals surface area contributed by atoms with E-state index in [1.165, 1.54) is 60.8 Å². The Kier molecular flexibility index (Phi) is 16.4. The van der Waals surface area contributed by atoms with E-state index >= 15 is 0 Å². The summed E-state index contributed by atoms with van der Waals surface area (Å²) in [4.78, 5) is 15.0. The van der Waals surface area contributed by atoms with Crippen LogP contribution < -0.4 is 11.0 Å². The van der Waals surface area contributed by atoms with Crippen LogP contribution in [-0.2, 0) is 5.41 Å². The lowest BCUT2D eigenvalue weighted by Gasteiger charge is -2.34. The molecule has 14 aromatic rings. The number of rotatable bonds is 13. The van der Waals surface area contributed by atoms with Gasteiger partial charge in [0, 0.05) is 57.5 Å². The Morgan fingerprint density at radius 1 is 0.467 bits per heavy atom. The zero-order valence-electron chi connectivity index (χ0n) is 51.7. The van der Waals surface area contributed by atoms with E-state index in [9.17, 15) is 0 Å². The molecule has 0 saturated carbocycles. The maximum atomic E-state index is 5.90. The maximum Gasteiger partial charge on any atom is 0.160 e. The van der Waals surface area contributed by atoms with E-state index in [0.29, 0.717) is 11.7 Å². The first-order chi connectivity index (χ1) is 45.3. The van der Waals surface area contributed by atoms with Gasteiger partial charge in [-0.05, 0) is 156 Å². The van der Waals surface area contributed by atoms with E-state index in [-0.39, 0.29) is 0 Å². The van der Waals surface area contributed by atoms with Crippen molar-refractivity contribution < 1.29 is 0 Å².